The zero-order chi connectivity index (χ0) is 20.5. The van der Waals surface area contributed by atoms with Crippen molar-refractivity contribution < 1.29 is 17.6 Å². The summed E-state index contributed by atoms with van der Waals surface area (Å²) in [6.45, 7) is 7.21. The van der Waals surface area contributed by atoms with E-state index in [-0.39, 0.29) is 16.5 Å². The molecule has 1 heterocycles. The highest BCUT2D eigenvalue weighted by Gasteiger charge is 2.31. The van der Waals surface area contributed by atoms with Crippen molar-refractivity contribution in [1.82, 2.24) is 9.62 Å². The predicted octanol–water partition coefficient (Wildman–Crippen LogP) is 3.80. The fourth-order valence-electron chi connectivity index (χ4n) is 4.38. The Labute approximate surface area is 167 Å². The number of carbonyl (C=O) groups excluding carboxylic acids is 1. The number of nitrogens with zero attached hydrogens (tertiary/aromatic N) is 1. The van der Waals surface area contributed by atoms with E-state index in [2.05, 4.69) is 19.2 Å². The molecule has 1 aromatic carbocycles. The van der Waals surface area contributed by atoms with Gasteiger partial charge in [0, 0.05) is 19.1 Å². The van der Waals surface area contributed by atoms with Crippen LogP contribution in [0.25, 0.3) is 0 Å². The molecule has 1 saturated carbocycles. The summed E-state index contributed by atoms with van der Waals surface area (Å²) in [5.41, 5.74) is -0.198. The van der Waals surface area contributed by atoms with E-state index in [0.717, 1.165) is 38.2 Å². The Morgan fingerprint density at radius 3 is 2.61 bits per heavy atom. The summed E-state index contributed by atoms with van der Waals surface area (Å²) >= 11 is 0. The van der Waals surface area contributed by atoms with Crippen LogP contribution in [0.4, 0.5) is 4.39 Å². The molecule has 156 valence electrons. The molecular formula is C21H31FN2O3S. The molecule has 1 amide bonds. The summed E-state index contributed by atoms with van der Waals surface area (Å²) in [5, 5.41) is 2.93. The molecule has 1 saturated heterocycles. The molecule has 0 spiro atoms. The van der Waals surface area contributed by atoms with Crippen LogP contribution in [0.2, 0.25) is 0 Å². The zero-order valence-corrected chi connectivity index (χ0v) is 17.8. The molecule has 0 radical (unpaired) electrons. The molecule has 5 nitrogen and oxygen atoms in total. The molecule has 2 fully saturated rings. The summed E-state index contributed by atoms with van der Waals surface area (Å²) < 4.78 is 41.8. The molecule has 1 N–H and O–H groups in total. The van der Waals surface area contributed by atoms with Gasteiger partial charge in [0.2, 0.25) is 10.0 Å². The number of piperidine rings is 1. The van der Waals surface area contributed by atoms with Gasteiger partial charge in [-0.3, -0.25) is 4.79 Å². The molecule has 1 aromatic rings. The second-order valence-corrected chi connectivity index (χ2v) is 10.5. The molecule has 3 rings (SSSR count). The maximum Gasteiger partial charge on any atom is 0.254 e. The summed E-state index contributed by atoms with van der Waals surface area (Å²) in [4.78, 5) is 12.7. The number of halogens is 1. The lowest BCUT2D eigenvalue weighted by Gasteiger charge is -2.34. The van der Waals surface area contributed by atoms with Gasteiger partial charge in [0.05, 0.1) is 10.5 Å². The van der Waals surface area contributed by atoms with Crippen LogP contribution >= 0.6 is 0 Å². The average Bonchev–Trinajstić information content (AvgIpc) is 2.65. The van der Waals surface area contributed by atoms with E-state index in [1.165, 1.54) is 16.4 Å². The van der Waals surface area contributed by atoms with Gasteiger partial charge in [0.25, 0.3) is 5.91 Å². The second kappa shape index (κ2) is 8.49. The largest absolute Gasteiger partial charge is 0.349 e. The minimum absolute atomic E-state index is 0.0149. The monoisotopic (exact) mass is 410 g/mol. The van der Waals surface area contributed by atoms with Crippen molar-refractivity contribution in [2.24, 2.45) is 17.8 Å². The van der Waals surface area contributed by atoms with Gasteiger partial charge in [-0.05, 0) is 55.2 Å². The first-order valence-corrected chi connectivity index (χ1v) is 11.7. The Bertz CT molecular complexity index is 827. The van der Waals surface area contributed by atoms with Crippen LogP contribution in [0.15, 0.2) is 23.1 Å². The molecule has 2 aliphatic rings. The van der Waals surface area contributed by atoms with Crippen LogP contribution in [0.1, 0.15) is 63.2 Å². The Hall–Kier alpha value is -1.47. The van der Waals surface area contributed by atoms with Crippen molar-refractivity contribution in [3.63, 3.8) is 0 Å². The standard InChI is InChI=1S/C21H31FN2O3S/c1-14-6-5-11-24(13-14)28(26,27)17-9-10-19(22)18(12-17)21(25)23-20-8-4-7-15(2)16(20)3/h9-10,12,14-16,20H,4-8,11,13H2,1-3H3,(H,23,25)/t14-,15+,16+,20-/m1/s1. The van der Waals surface area contributed by atoms with Gasteiger partial charge in [-0.1, -0.05) is 33.6 Å². The van der Waals surface area contributed by atoms with Crippen molar-refractivity contribution in [1.29, 1.82) is 0 Å². The second-order valence-electron chi connectivity index (χ2n) is 8.60. The van der Waals surface area contributed by atoms with E-state index >= 15 is 0 Å². The van der Waals surface area contributed by atoms with Crippen molar-refractivity contribution in [3.8, 4) is 0 Å². The third kappa shape index (κ3) is 4.40. The fourth-order valence-corrected chi connectivity index (χ4v) is 6.01. The molecule has 1 aliphatic carbocycles. The van der Waals surface area contributed by atoms with E-state index in [4.69, 9.17) is 0 Å². The number of hydrogen-bond acceptors (Lipinski definition) is 3. The van der Waals surface area contributed by atoms with E-state index in [9.17, 15) is 17.6 Å². The SMILES string of the molecule is C[C@@H]1CCCN(S(=O)(=O)c2ccc(F)c(C(=O)N[C@@H]3CCC[C@H](C)[C@@H]3C)c2)C1. The number of rotatable bonds is 4. The van der Waals surface area contributed by atoms with Gasteiger partial charge in [-0.2, -0.15) is 4.31 Å². The highest BCUT2D eigenvalue weighted by atomic mass is 32.2. The number of benzene rings is 1. The van der Waals surface area contributed by atoms with Crippen molar-refractivity contribution in [2.75, 3.05) is 13.1 Å². The fraction of sp³-hybridized carbons (Fsp3) is 0.667. The maximum atomic E-state index is 14.4. The van der Waals surface area contributed by atoms with Gasteiger partial charge < -0.3 is 5.32 Å². The first-order valence-electron chi connectivity index (χ1n) is 10.3. The maximum absolute atomic E-state index is 14.4. The van der Waals surface area contributed by atoms with Gasteiger partial charge in [0.15, 0.2) is 0 Å². The number of sulfonamides is 1. The molecular weight excluding hydrogens is 379 g/mol. The Kier molecular flexibility index (Phi) is 6.44. The molecule has 4 atom stereocenters. The van der Waals surface area contributed by atoms with E-state index in [0.29, 0.717) is 30.8 Å². The topological polar surface area (TPSA) is 66.5 Å². The highest BCUT2D eigenvalue weighted by Crippen LogP contribution is 2.30. The smallest absolute Gasteiger partial charge is 0.254 e. The van der Waals surface area contributed by atoms with Crippen molar-refractivity contribution in [2.45, 2.75) is 63.8 Å². The summed E-state index contributed by atoms with van der Waals surface area (Å²) in [7, 11) is -3.73. The molecule has 28 heavy (non-hydrogen) atoms. The Morgan fingerprint density at radius 2 is 1.89 bits per heavy atom. The molecule has 0 bridgehead atoms. The number of nitrogens with one attached hydrogen (secondary N) is 1. The lowest BCUT2D eigenvalue weighted by atomic mass is 9.78. The van der Waals surface area contributed by atoms with Crippen LogP contribution in [0.5, 0.6) is 0 Å². The van der Waals surface area contributed by atoms with Crippen molar-refractivity contribution in [3.05, 3.63) is 29.6 Å². The predicted molar refractivity (Wildman–Crippen MR) is 107 cm³/mol. The van der Waals surface area contributed by atoms with Gasteiger partial charge in [-0.25, -0.2) is 12.8 Å². The number of hydrogen-bond donors (Lipinski definition) is 1. The van der Waals surface area contributed by atoms with Gasteiger partial charge >= 0.3 is 0 Å². The van der Waals surface area contributed by atoms with E-state index in [1.807, 2.05) is 6.92 Å². The minimum Gasteiger partial charge on any atom is -0.349 e. The average molecular weight is 411 g/mol. The zero-order valence-electron chi connectivity index (χ0n) is 16.9. The van der Waals surface area contributed by atoms with Crippen LogP contribution in [0, 0.1) is 23.6 Å². The Balaban J connectivity index is 1.82. The van der Waals surface area contributed by atoms with Gasteiger partial charge in [-0.15, -0.1) is 0 Å². The number of carbonyl (C=O) groups is 1. The van der Waals surface area contributed by atoms with E-state index < -0.39 is 21.7 Å². The summed E-state index contributed by atoms with van der Waals surface area (Å²) in [6, 6.07) is 3.52. The third-order valence-electron chi connectivity index (χ3n) is 6.46. The van der Waals surface area contributed by atoms with Gasteiger partial charge in [0.1, 0.15) is 5.82 Å². The van der Waals surface area contributed by atoms with E-state index in [1.54, 1.807) is 0 Å². The highest BCUT2D eigenvalue weighted by molar-refractivity contribution is 7.89. The quantitative estimate of drug-likeness (QED) is 0.821. The molecule has 7 heteroatoms. The number of amides is 1. The minimum atomic E-state index is -3.73. The van der Waals surface area contributed by atoms with Crippen LogP contribution < -0.4 is 5.32 Å². The molecule has 0 aromatic heterocycles. The first-order chi connectivity index (χ1) is 13.2. The summed E-state index contributed by atoms with van der Waals surface area (Å²) in [6.07, 6.45) is 4.83. The molecule has 1 aliphatic heterocycles. The third-order valence-corrected chi connectivity index (χ3v) is 8.32. The van der Waals surface area contributed by atoms with Crippen LogP contribution in [-0.2, 0) is 10.0 Å². The van der Waals surface area contributed by atoms with Crippen molar-refractivity contribution >= 4 is 15.9 Å². The lowest BCUT2D eigenvalue weighted by molar-refractivity contribution is 0.0886. The lowest BCUT2D eigenvalue weighted by Crippen LogP contribution is -2.44. The first kappa shape index (κ1) is 21.2. The Morgan fingerprint density at radius 1 is 1.14 bits per heavy atom. The van der Waals surface area contributed by atoms with Crippen LogP contribution in [-0.4, -0.2) is 37.8 Å². The summed E-state index contributed by atoms with van der Waals surface area (Å²) in [5.74, 6) is -0.131. The van der Waals surface area contributed by atoms with Crippen LogP contribution in [0.3, 0.4) is 0 Å². The normalized spacial score (nSPS) is 29.4. The molecule has 0 unspecified atom stereocenters.